The summed E-state index contributed by atoms with van der Waals surface area (Å²) in [4.78, 5) is 13.4. The molecule has 0 bridgehead atoms. The van der Waals surface area contributed by atoms with E-state index in [1.807, 2.05) is 0 Å². The van der Waals surface area contributed by atoms with Crippen molar-refractivity contribution in [3.63, 3.8) is 0 Å². The van der Waals surface area contributed by atoms with Gasteiger partial charge in [-0.15, -0.1) is 0 Å². The minimum atomic E-state index is -0.547. The second-order valence-corrected chi connectivity index (χ2v) is 4.20. The Morgan fingerprint density at radius 1 is 1.53 bits per heavy atom. The number of hydrogen-bond donors (Lipinski definition) is 3. The zero-order chi connectivity index (χ0) is 11.3. The fourth-order valence-electron chi connectivity index (χ4n) is 1.79. The second-order valence-electron chi connectivity index (χ2n) is 4.20. The standard InChI is InChI=1S/C10H20N2O3/c1-8-3-2-4-12(5-8)10(15)11-9(6-13)7-14/h8-9,13-14H,2-7H2,1H3,(H,11,15). The van der Waals surface area contributed by atoms with Gasteiger partial charge in [-0.1, -0.05) is 6.92 Å². The molecular formula is C10H20N2O3. The highest BCUT2D eigenvalue weighted by Gasteiger charge is 2.22. The lowest BCUT2D eigenvalue weighted by molar-refractivity contribution is 0.141. The Bertz CT molecular complexity index is 207. The molecule has 5 heteroatoms. The SMILES string of the molecule is CC1CCCN(C(=O)NC(CO)CO)C1. The van der Waals surface area contributed by atoms with Crippen molar-refractivity contribution in [2.75, 3.05) is 26.3 Å². The van der Waals surface area contributed by atoms with Crippen molar-refractivity contribution in [2.24, 2.45) is 5.92 Å². The molecule has 0 aromatic rings. The fraction of sp³-hybridized carbons (Fsp3) is 0.900. The molecule has 88 valence electrons. The van der Waals surface area contributed by atoms with Gasteiger partial charge in [-0.3, -0.25) is 0 Å². The number of nitrogens with zero attached hydrogens (tertiary/aromatic N) is 1. The van der Waals surface area contributed by atoms with Crippen molar-refractivity contribution < 1.29 is 15.0 Å². The second kappa shape index (κ2) is 5.92. The number of likely N-dealkylation sites (tertiary alicyclic amines) is 1. The van der Waals surface area contributed by atoms with Gasteiger partial charge >= 0.3 is 6.03 Å². The van der Waals surface area contributed by atoms with Crippen molar-refractivity contribution in [2.45, 2.75) is 25.8 Å². The zero-order valence-electron chi connectivity index (χ0n) is 9.15. The molecule has 1 aliphatic heterocycles. The topological polar surface area (TPSA) is 72.8 Å². The highest BCUT2D eigenvalue weighted by molar-refractivity contribution is 5.74. The number of hydrogen-bond acceptors (Lipinski definition) is 3. The quantitative estimate of drug-likeness (QED) is 0.610. The van der Waals surface area contributed by atoms with Crippen molar-refractivity contribution in [1.82, 2.24) is 10.2 Å². The summed E-state index contributed by atoms with van der Waals surface area (Å²) in [6, 6.07) is -0.732. The van der Waals surface area contributed by atoms with Gasteiger partial charge in [0.1, 0.15) is 0 Å². The van der Waals surface area contributed by atoms with Gasteiger partial charge in [0.05, 0.1) is 19.3 Å². The molecule has 1 heterocycles. The zero-order valence-corrected chi connectivity index (χ0v) is 9.15. The summed E-state index contributed by atoms with van der Waals surface area (Å²) >= 11 is 0. The fourth-order valence-corrected chi connectivity index (χ4v) is 1.79. The van der Waals surface area contributed by atoms with Crippen molar-refractivity contribution >= 4 is 6.03 Å². The number of carbonyl (C=O) groups is 1. The van der Waals surface area contributed by atoms with Crippen LogP contribution in [0.4, 0.5) is 4.79 Å². The van der Waals surface area contributed by atoms with Crippen molar-refractivity contribution in [3.05, 3.63) is 0 Å². The molecule has 1 aliphatic rings. The molecule has 0 aliphatic carbocycles. The number of rotatable bonds is 3. The van der Waals surface area contributed by atoms with E-state index in [0.717, 1.165) is 25.9 Å². The predicted molar refractivity (Wildman–Crippen MR) is 56.5 cm³/mol. The van der Waals surface area contributed by atoms with Crippen LogP contribution >= 0.6 is 0 Å². The van der Waals surface area contributed by atoms with Crippen LogP contribution in [0.3, 0.4) is 0 Å². The third kappa shape index (κ3) is 3.68. The molecule has 1 rings (SSSR count). The number of urea groups is 1. The number of aliphatic hydroxyl groups excluding tert-OH is 2. The van der Waals surface area contributed by atoms with Gasteiger partial charge in [0.25, 0.3) is 0 Å². The molecule has 0 radical (unpaired) electrons. The molecule has 15 heavy (non-hydrogen) atoms. The minimum Gasteiger partial charge on any atom is -0.394 e. The van der Waals surface area contributed by atoms with Crippen LogP contribution in [0.15, 0.2) is 0 Å². The van der Waals surface area contributed by atoms with Gasteiger partial charge in [0.15, 0.2) is 0 Å². The Morgan fingerprint density at radius 3 is 2.73 bits per heavy atom. The Kier molecular flexibility index (Phi) is 4.84. The van der Waals surface area contributed by atoms with E-state index in [1.54, 1.807) is 4.90 Å². The van der Waals surface area contributed by atoms with E-state index < -0.39 is 6.04 Å². The lowest BCUT2D eigenvalue weighted by Gasteiger charge is -2.32. The van der Waals surface area contributed by atoms with Crippen LogP contribution < -0.4 is 5.32 Å². The van der Waals surface area contributed by atoms with Crippen LogP contribution in [-0.2, 0) is 0 Å². The van der Waals surface area contributed by atoms with E-state index in [1.165, 1.54) is 0 Å². The van der Waals surface area contributed by atoms with Crippen LogP contribution in [0.1, 0.15) is 19.8 Å². The van der Waals surface area contributed by atoms with E-state index in [4.69, 9.17) is 10.2 Å². The highest BCUT2D eigenvalue weighted by Crippen LogP contribution is 2.15. The van der Waals surface area contributed by atoms with E-state index >= 15 is 0 Å². The molecule has 0 saturated carbocycles. The molecule has 2 amide bonds. The lowest BCUT2D eigenvalue weighted by atomic mass is 10.0. The van der Waals surface area contributed by atoms with Gasteiger partial charge in [-0.2, -0.15) is 0 Å². The summed E-state index contributed by atoms with van der Waals surface area (Å²) in [7, 11) is 0. The van der Waals surface area contributed by atoms with Crippen LogP contribution in [0.25, 0.3) is 0 Å². The molecule has 1 atom stereocenters. The first-order chi connectivity index (χ1) is 7.17. The number of amides is 2. The lowest BCUT2D eigenvalue weighted by Crippen LogP contribution is -2.50. The van der Waals surface area contributed by atoms with Crippen molar-refractivity contribution in [1.29, 1.82) is 0 Å². The molecule has 0 spiro atoms. The van der Waals surface area contributed by atoms with Gasteiger partial charge in [0.2, 0.25) is 0 Å². The minimum absolute atomic E-state index is 0.186. The number of nitrogens with one attached hydrogen (secondary N) is 1. The normalized spacial score (nSPS) is 21.9. The van der Waals surface area contributed by atoms with Gasteiger partial charge in [-0.05, 0) is 18.8 Å². The summed E-state index contributed by atoms with van der Waals surface area (Å²) in [6.07, 6.45) is 2.19. The Balaban J connectivity index is 2.38. The van der Waals surface area contributed by atoms with Crippen LogP contribution in [0, 0.1) is 5.92 Å². The summed E-state index contributed by atoms with van der Waals surface area (Å²) in [5, 5.41) is 20.3. The van der Waals surface area contributed by atoms with Gasteiger partial charge in [0, 0.05) is 13.1 Å². The molecule has 3 N–H and O–H groups in total. The molecule has 5 nitrogen and oxygen atoms in total. The van der Waals surface area contributed by atoms with Crippen molar-refractivity contribution in [3.8, 4) is 0 Å². The first kappa shape index (κ1) is 12.3. The Labute approximate surface area is 90.1 Å². The molecule has 1 fully saturated rings. The van der Waals surface area contributed by atoms with E-state index in [0.29, 0.717) is 5.92 Å². The maximum absolute atomic E-state index is 11.7. The number of aliphatic hydroxyl groups is 2. The third-order valence-electron chi connectivity index (χ3n) is 2.71. The van der Waals surface area contributed by atoms with Crippen LogP contribution in [0.2, 0.25) is 0 Å². The Morgan fingerprint density at radius 2 is 2.20 bits per heavy atom. The number of piperidine rings is 1. The first-order valence-corrected chi connectivity index (χ1v) is 5.44. The summed E-state index contributed by atoms with van der Waals surface area (Å²) in [6.45, 7) is 3.18. The summed E-state index contributed by atoms with van der Waals surface area (Å²) in [5.41, 5.74) is 0. The average Bonchev–Trinajstić information content (AvgIpc) is 2.25. The largest absolute Gasteiger partial charge is 0.394 e. The monoisotopic (exact) mass is 216 g/mol. The molecule has 1 unspecified atom stereocenters. The van der Waals surface area contributed by atoms with Gasteiger partial charge in [-0.25, -0.2) is 4.79 Å². The highest BCUT2D eigenvalue weighted by atomic mass is 16.3. The smallest absolute Gasteiger partial charge is 0.317 e. The summed E-state index contributed by atoms with van der Waals surface area (Å²) < 4.78 is 0. The maximum atomic E-state index is 11.7. The predicted octanol–water partition coefficient (Wildman–Crippen LogP) is -0.219. The van der Waals surface area contributed by atoms with E-state index in [9.17, 15) is 4.79 Å². The molecule has 0 aromatic carbocycles. The number of carbonyl (C=O) groups excluding carboxylic acids is 1. The molecule has 1 saturated heterocycles. The van der Waals surface area contributed by atoms with E-state index in [-0.39, 0.29) is 19.2 Å². The third-order valence-corrected chi connectivity index (χ3v) is 2.71. The Hall–Kier alpha value is -0.810. The van der Waals surface area contributed by atoms with Crippen LogP contribution in [-0.4, -0.2) is 53.5 Å². The first-order valence-electron chi connectivity index (χ1n) is 5.44. The molecule has 0 aromatic heterocycles. The van der Waals surface area contributed by atoms with Gasteiger partial charge < -0.3 is 20.4 Å². The average molecular weight is 216 g/mol. The summed E-state index contributed by atoms with van der Waals surface area (Å²) in [5.74, 6) is 0.534. The maximum Gasteiger partial charge on any atom is 0.317 e. The van der Waals surface area contributed by atoms with Crippen LogP contribution in [0.5, 0.6) is 0 Å². The van der Waals surface area contributed by atoms with E-state index in [2.05, 4.69) is 12.2 Å². The molecular weight excluding hydrogens is 196 g/mol.